The lowest BCUT2D eigenvalue weighted by molar-refractivity contribution is 0.0363. The summed E-state index contributed by atoms with van der Waals surface area (Å²) in [4.78, 5) is 14.1. The molecule has 0 amide bonds. The van der Waals surface area contributed by atoms with Gasteiger partial charge in [-0.25, -0.2) is 0 Å². The van der Waals surface area contributed by atoms with Crippen LogP contribution in [-0.2, 0) is 11.3 Å². The van der Waals surface area contributed by atoms with Gasteiger partial charge in [0, 0.05) is 32.4 Å². The molecule has 2 heterocycles. The first-order valence-electron chi connectivity index (χ1n) is 5.93. The highest BCUT2D eigenvalue weighted by Crippen LogP contribution is 2.01. The van der Waals surface area contributed by atoms with Crippen molar-refractivity contribution in [3.63, 3.8) is 0 Å². The Balaban J connectivity index is 2.00. The molecule has 1 aromatic rings. The van der Waals surface area contributed by atoms with Gasteiger partial charge in [0.25, 0.3) is 5.56 Å². The van der Waals surface area contributed by atoms with Gasteiger partial charge in [-0.1, -0.05) is 0 Å². The van der Waals surface area contributed by atoms with Gasteiger partial charge in [-0.15, -0.1) is 0 Å². The topological polar surface area (TPSA) is 60.5 Å². The third kappa shape index (κ3) is 3.08. The predicted octanol–water partition coefficient (Wildman–Crippen LogP) is 0.0711. The summed E-state index contributed by atoms with van der Waals surface area (Å²) in [5.41, 5.74) is 6.91. The number of ether oxygens (including phenoxy) is 1. The van der Waals surface area contributed by atoms with Crippen LogP contribution in [0.5, 0.6) is 0 Å². The maximum absolute atomic E-state index is 11.8. The van der Waals surface area contributed by atoms with E-state index in [1.165, 1.54) is 0 Å². The fraction of sp³-hybridized carbons (Fsp3) is 0.583. The number of pyridine rings is 1. The van der Waals surface area contributed by atoms with E-state index < -0.39 is 0 Å². The Kier molecular flexibility index (Phi) is 3.81. The lowest BCUT2D eigenvalue weighted by Gasteiger charge is -2.26. The monoisotopic (exact) mass is 237 g/mol. The van der Waals surface area contributed by atoms with Gasteiger partial charge in [-0.3, -0.25) is 9.69 Å². The normalized spacial score (nSPS) is 17.2. The third-order valence-electron chi connectivity index (χ3n) is 3.01. The zero-order valence-corrected chi connectivity index (χ0v) is 10.2. The van der Waals surface area contributed by atoms with Gasteiger partial charge >= 0.3 is 0 Å². The molecule has 0 spiro atoms. The molecule has 0 bridgehead atoms. The summed E-state index contributed by atoms with van der Waals surface area (Å²) in [5.74, 6) is 0. The largest absolute Gasteiger partial charge is 0.394 e. The quantitative estimate of drug-likeness (QED) is 0.808. The molecule has 1 aliphatic rings. The molecule has 0 aliphatic carbocycles. The molecule has 17 heavy (non-hydrogen) atoms. The second-order valence-corrected chi connectivity index (χ2v) is 4.43. The molecule has 2 rings (SSSR count). The van der Waals surface area contributed by atoms with E-state index in [0.717, 1.165) is 38.4 Å². The molecule has 0 atom stereocenters. The zero-order valence-electron chi connectivity index (χ0n) is 10.2. The molecule has 94 valence electrons. The van der Waals surface area contributed by atoms with Crippen molar-refractivity contribution in [3.05, 3.63) is 28.2 Å². The molecule has 1 aliphatic heterocycles. The fourth-order valence-corrected chi connectivity index (χ4v) is 2.05. The number of nitrogens with zero attached hydrogens (tertiary/aromatic N) is 2. The number of anilines is 1. The van der Waals surface area contributed by atoms with Gasteiger partial charge < -0.3 is 15.0 Å². The average molecular weight is 237 g/mol. The Morgan fingerprint density at radius 3 is 2.76 bits per heavy atom. The van der Waals surface area contributed by atoms with Crippen molar-refractivity contribution in [3.8, 4) is 0 Å². The van der Waals surface area contributed by atoms with Crippen molar-refractivity contribution in [2.45, 2.75) is 13.5 Å². The van der Waals surface area contributed by atoms with E-state index >= 15 is 0 Å². The maximum Gasteiger partial charge on any atom is 0.273 e. The number of hydrogen-bond donors (Lipinski definition) is 1. The Labute approximate surface area is 101 Å². The molecule has 1 fully saturated rings. The molecule has 5 heteroatoms. The van der Waals surface area contributed by atoms with Gasteiger partial charge in [-0.05, 0) is 18.6 Å². The number of aromatic nitrogens is 1. The lowest BCUT2D eigenvalue weighted by atomic mass is 10.3. The third-order valence-corrected chi connectivity index (χ3v) is 3.01. The molecular formula is C12H19N3O2. The van der Waals surface area contributed by atoms with Crippen LogP contribution >= 0.6 is 0 Å². The van der Waals surface area contributed by atoms with E-state index in [0.29, 0.717) is 12.2 Å². The Morgan fingerprint density at radius 1 is 1.35 bits per heavy atom. The molecule has 0 unspecified atom stereocenters. The molecule has 5 nitrogen and oxygen atoms in total. The number of nitrogen functional groups attached to an aromatic ring is 1. The fourth-order valence-electron chi connectivity index (χ4n) is 2.05. The van der Waals surface area contributed by atoms with Crippen LogP contribution in [-0.4, -0.2) is 42.3 Å². The van der Waals surface area contributed by atoms with Gasteiger partial charge in [0.2, 0.25) is 0 Å². The molecule has 1 aromatic heterocycles. The Hall–Kier alpha value is -1.33. The Bertz CT molecular complexity index is 436. The Morgan fingerprint density at radius 2 is 2.06 bits per heavy atom. The number of rotatable bonds is 3. The summed E-state index contributed by atoms with van der Waals surface area (Å²) in [6.45, 7) is 6.94. The molecule has 0 radical (unpaired) electrons. The summed E-state index contributed by atoms with van der Waals surface area (Å²) in [6.07, 6.45) is 1.86. The minimum Gasteiger partial charge on any atom is -0.394 e. The van der Waals surface area contributed by atoms with Crippen LogP contribution in [0.2, 0.25) is 0 Å². The van der Waals surface area contributed by atoms with Crippen LogP contribution in [0.25, 0.3) is 0 Å². The van der Waals surface area contributed by atoms with Crippen molar-refractivity contribution in [2.75, 3.05) is 38.6 Å². The number of nitrogens with two attached hydrogens (primary N) is 1. The minimum absolute atomic E-state index is 0.0936. The summed E-state index contributed by atoms with van der Waals surface area (Å²) < 4.78 is 6.98. The van der Waals surface area contributed by atoms with E-state index in [1.807, 2.05) is 13.1 Å². The predicted molar refractivity (Wildman–Crippen MR) is 67.1 cm³/mol. The number of hydrogen-bond acceptors (Lipinski definition) is 4. The van der Waals surface area contributed by atoms with E-state index in [1.54, 1.807) is 10.6 Å². The number of aryl methyl sites for hydroxylation is 1. The summed E-state index contributed by atoms with van der Waals surface area (Å²) in [7, 11) is 0. The first-order valence-corrected chi connectivity index (χ1v) is 5.93. The molecule has 2 N–H and O–H groups in total. The highest BCUT2D eigenvalue weighted by Gasteiger charge is 2.10. The summed E-state index contributed by atoms with van der Waals surface area (Å²) in [6, 6.07) is 1.72. The molecule has 0 aromatic carbocycles. The van der Waals surface area contributed by atoms with Gasteiger partial charge in [0.15, 0.2) is 0 Å². The van der Waals surface area contributed by atoms with Crippen molar-refractivity contribution in [1.82, 2.24) is 9.47 Å². The van der Waals surface area contributed by atoms with E-state index in [4.69, 9.17) is 10.5 Å². The van der Waals surface area contributed by atoms with Gasteiger partial charge in [0.05, 0.1) is 18.9 Å². The van der Waals surface area contributed by atoms with E-state index in [-0.39, 0.29) is 5.56 Å². The van der Waals surface area contributed by atoms with Gasteiger partial charge in [-0.2, -0.15) is 0 Å². The summed E-state index contributed by atoms with van der Waals surface area (Å²) >= 11 is 0. The molecule has 1 saturated heterocycles. The van der Waals surface area contributed by atoms with Crippen molar-refractivity contribution in [1.29, 1.82) is 0 Å². The minimum atomic E-state index is -0.0936. The molecular weight excluding hydrogens is 218 g/mol. The first-order chi connectivity index (χ1) is 8.16. The van der Waals surface area contributed by atoms with E-state index in [2.05, 4.69) is 4.90 Å². The zero-order chi connectivity index (χ0) is 12.3. The van der Waals surface area contributed by atoms with Crippen LogP contribution in [0.1, 0.15) is 5.56 Å². The first kappa shape index (κ1) is 12.1. The van der Waals surface area contributed by atoms with Crippen LogP contribution in [0.4, 0.5) is 5.69 Å². The van der Waals surface area contributed by atoms with Gasteiger partial charge in [0.1, 0.15) is 0 Å². The SMILES string of the molecule is Cc1cc(N)c(=O)n(CCN2CCOCC2)c1. The van der Waals surface area contributed by atoms with Crippen LogP contribution in [0, 0.1) is 6.92 Å². The highest BCUT2D eigenvalue weighted by atomic mass is 16.5. The highest BCUT2D eigenvalue weighted by molar-refractivity contribution is 5.37. The average Bonchev–Trinajstić information content (AvgIpc) is 2.33. The molecule has 0 saturated carbocycles. The van der Waals surface area contributed by atoms with Crippen molar-refractivity contribution >= 4 is 5.69 Å². The summed E-state index contributed by atoms with van der Waals surface area (Å²) in [5, 5.41) is 0. The second-order valence-electron chi connectivity index (χ2n) is 4.43. The smallest absolute Gasteiger partial charge is 0.273 e. The van der Waals surface area contributed by atoms with Crippen LogP contribution in [0.3, 0.4) is 0 Å². The van der Waals surface area contributed by atoms with Crippen LogP contribution in [0.15, 0.2) is 17.1 Å². The second kappa shape index (κ2) is 5.33. The van der Waals surface area contributed by atoms with Crippen molar-refractivity contribution in [2.24, 2.45) is 0 Å². The van der Waals surface area contributed by atoms with E-state index in [9.17, 15) is 4.79 Å². The van der Waals surface area contributed by atoms with Crippen molar-refractivity contribution < 1.29 is 4.74 Å². The maximum atomic E-state index is 11.8. The lowest BCUT2D eigenvalue weighted by Crippen LogP contribution is -2.39. The van der Waals surface area contributed by atoms with Crippen LogP contribution < -0.4 is 11.3 Å². The standard InChI is InChI=1S/C12H19N3O2/c1-10-8-11(13)12(16)15(9-10)3-2-14-4-6-17-7-5-14/h8-9H,2-7,13H2,1H3. The number of morpholine rings is 1.